The molecule has 32 heavy (non-hydrogen) atoms. The van der Waals surface area contributed by atoms with E-state index in [-0.39, 0.29) is 29.8 Å². The molecule has 0 aliphatic carbocycles. The van der Waals surface area contributed by atoms with E-state index in [9.17, 15) is 18.0 Å². The van der Waals surface area contributed by atoms with E-state index < -0.39 is 17.3 Å². The summed E-state index contributed by atoms with van der Waals surface area (Å²) in [4.78, 5) is 18.4. The fourth-order valence-electron chi connectivity index (χ4n) is 3.63. The Morgan fingerprint density at radius 1 is 1.22 bits per heavy atom. The molecule has 170 valence electrons. The molecular formula is C23H26F3N5O. The van der Waals surface area contributed by atoms with E-state index in [1.54, 1.807) is 29.2 Å². The lowest BCUT2D eigenvalue weighted by Gasteiger charge is -2.28. The number of hydrogen-bond acceptors (Lipinski definition) is 5. The third-order valence-electron chi connectivity index (χ3n) is 5.41. The number of carbonyl (C=O) groups is 1. The second-order valence-corrected chi connectivity index (χ2v) is 8.42. The van der Waals surface area contributed by atoms with Crippen molar-refractivity contribution in [3.8, 4) is 17.3 Å². The molecule has 9 heteroatoms. The predicted octanol–water partition coefficient (Wildman–Crippen LogP) is 4.06. The number of aromatic nitrogens is 1. The molecule has 2 N–H and O–H groups in total. The monoisotopic (exact) mass is 445 g/mol. The summed E-state index contributed by atoms with van der Waals surface area (Å²) in [7, 11) is 0. The number of benzene rings is 1. The van der Waals surface area contributed by atoms with E-state index in [0.29, 0.717) is 25.3 Å². The molecule has 1 aliphatic rings. The first-order valence-corrected chi connectivity index (χ1v) is 10.4. The molecule has 2 heterocycles. The SMILES string of the molecule is CC(C)(CNc1cccc(-c2ccccc2C(F)(F)F)n1)NCC(=O)N1CCC[C@H]1C#N. The van der Waals surface area contributed by atoms with Crippen LogP contribution in [0.5, 0.6) is 0 Å². The smallest absolute Gasteiger partial charge is 0.368 e. The maximum Gasteiger partial charge on any atom is 0.417 e. The molecule has 6 nitrogen and oxygen atoms in total. The third-order valence-corrected chi connectivity index (χ3v) is 5.41. The average Bonchev–Trinajstić information content (AvgIpc) is 3.25. The second kappa shape index (κ2) is 9.57. The van der Waals surface area contributed by atoms with E-state index in [0.717, 1.165) is 12.5 Å². The number of anilines is 1. The number of rotatable bonds is 7. The first-order chi connectivity index (χ1) is 15.1. The number of likely N-dealkylation sites (tertiary alicyclic amines) is 1. The van der Waals surface area contributed by atoms with E-state index in [1.165, 1.54) is 12.1 Å². The molecule has 3 rings (SSSR count). The van der Waals surface area contributed by atoms with Crippen molar-refractivity contribution in [1.29, 1.82) is 5.26 Å². The maximum atomic E-state index is 13.3. The summed E-state index contributed by atoms with van der Waals surface area (Å²) >= 11 is 0. The van der Waals surface area contributed by atoms with Crippen LogP contribution in [0.1, 0.15) is 32.3 Å². The topological polar surface area (TPSA) is 81.1 Å². The highest BCUT2D eigenvalue weighted by atomic mass is 19.4. The zero-order valence-electron chi connectivity index (χ0n) is 18.0. The Kier molecular flexibility index (Phi) is 7.04. The van der Waals surface area contributed by atoms with Crippen molar-refractivity contribution in [1.82, 2.24) is 15.2 Å². The highest BCUT2D eigenvalue weighted by Crippen LogP contribution is 2.36. The van der Waals surface area contributed by atoms with Gasteiger partial charge in [0.25, 0.3) is 0 Å². The Balaban J connectivity index is 1.63. The normalized spacial score (nSPS) is 16.6. The minimum absolute atomic E-state index is 0.0179. The van der Waals surface area contributed by atoms with Crippen molar-refractivity contribution >= 4 is 11.7 Å². The number of amides is 1. The van der Waals surface area contributed by atoms with Crippen LogP contribution in [0.2, 0.25) is 0 Å². The van der Waals surface area contributed by atoms with E-state index in [4.69, 9.17) is 5.26 Å². The Hall–Kier alpha value is -3.12. The lowest BCUT2D eigenvalue weighted by molar-refractivity contribution is -0.137. The molecule has 1 amide bonds. The maximum absolute atomic E-state index is 13.3. The van der Waals surface area contributed by atoms with E-state index >= 15 is 0 Å². The van der Waals surface area contributed by atoms with Gasteiger partial charge in [0.1, 0.15) is 11.9 Å². The predicted molar refractivity (Wildman–Crippen MR) is 116 cm³/mol. The van der Waals surface area contributed by atoms with Gasteiger partial charge in [0, 0.05) is 24.2 Å². The van der Waals surface area contributed by atoms with Crippen LogP contribution in [0.25, 0.3) is 11.3 Å². The minimum Gasteiger partial charge on any atom is -0.368 e. The van der Waals surface area contributed by atoms with Gasteiger partial charge in [-0.3, -0.25) is 4.79 Å². The molecule has 1 saturated heterocycles. The van der Waals surface area contributed by atoms with Crippen molar-refractivity contribution < 1.29 is 18.0 Å². The van der Waals surface area contributed by atoms with Gasteiger partial charge in [0.2, 0.25) is 5.91 Å². The Morgan fingerprint density at radius 3 is 2.69 bits per heavy atom. The van der Waals surface area contributed by atoms with Crippen molar-refractivity contribution in [2.45, 2.75) is 44.4 Å². The van der Waals surface area contributed by atoms with Crippen LogP contribution in [-0.2, 0) is 11.0 Å². The molecule has 0 bridgehead atoms. The number of hydrogen-bond donors (Lipinski definition) is 2. The van der Waals surface area contributed by atoms with Gasteiger partial charge in [0.15, 0.2) is 0 Å². The van der Waals surface area contributed by atoms with Crippen LogP contribution in [0, 0.1) is 11.3 Å². The zero-order valence-corrected chi connectivity index (χ0v) is 18.0. The van der Waals surface area contributed by atoms with Crippen molar-refractivity contribution in [2.24, 2.45) is 0 Å². The molecule has 0 saturated carbocycles. The van der Waals surface area contributed by atoms with Gasteiger partial charge < -0.3 is 15.5 Å². The summed E-state index contributed by atoms with van der Waals surface area (Å²) in [6.45, 7) is 4.88. The van der Waals surface area contributed by atoms with Crippen LogP contribution in [0.4, 0.5) is 19.0 Å². The largest absolute Gasteiger partial charge is 0.417 e. The van der Waals surface area contributed by atoms with Gasteiger partial charge in [0.05, 0.1) is 23.9 Å². The number of alkyl halides is 3. The van der Waals surface area contributed by atoms with Crippen molar-refractivity contribution in [2.75, 3.05) is 25.0 Å². The van der Waals surface area contributed by atoms with Crippen molar-refractivity contribution in [3.63, 3.8) is 0 Å². The number of halogens is 3. The molecule has 0 unspecified atom stereocenters. The second-order valence-electron chi connectivity index (χ2n) is 8.42. The van der Waals surface area contributed by atoms with Gasteiger partial charge in [-0.2, -0.15) is 18.4 Å². The number of pyridine rings is 1. The number of nitrogens with zero attached hydrogens (tertiary/aromatic N) is 3. The van der Waals surface area contributed by atoms with Gasteiger partial charge in [-0.1, -0.05) is 24.3 Å². The summed E-state index contributed by atoms with van der Waals surface area (Å²) in [6, 6.07) is 12.0. The highest BCUT2D eigenvalue weighted by Gasteiger charge is 2.33. The first kappa shape index (κ1) is 23.5. The summed E-state index contributed by atoms with van der Waals surface area (Å²) in [5, 5.41) is 15.5. The molecular weight excluding hydrogens is 419 g/mol. The molecule has 0 radical (unpaired) electrons. The number of nitriles is 1. The summed E-state index contributed by atoms with van der Waals surface area (Å²) in [6.07, 6.45) is -2.94. The highest BCUT2D eigenvalue weighted by molar-refractivity contribution is 5.79. The Bertz CT molecular complexity index is 1000. The summed E-state index contributed by atoms with van der Waals surface area (Å²) in [5.74, 6) is 0.316. The van der Waals surface area contributed by atoms with Crippen LogP contribution >= 0.6 is 0 Å². The summed E-state index contributed by atoms with van der Waals surface area (Å²) in [5.41, 5.74) is -0.994. The van der Waals surface area contributed by atoms with E-state index in [1.807, 2.05) is 13.8 Å². The van der Waals surface area contributed by atoms with Crippen molar-refractivity contribution in [3.05, 3.63) is 48.0 Å². The minimum atomic E-state index is -4.47. The molecule has 1 fully saturated rings. The standard InChI is InChI=1S/C23H26F3N5O/c1-22(2,29-14-21(32)31-12-6-7-16(31)13-27)15-28-20-11-5-10-19(30-20)17-8-3-4-9-18(17)23(24,25)26/h3-5,8-11,16,29H,6-7,12,14-15H2,1-2H3,(H,28,30)/t16-/m0/s1. The quantitative estimate of drug-likeness (QED) is 0.672. The van der Waals surface area contributed by atoms with Crippen LogP contribution in [0.15, 0.2) is 42.5 Å². The molecule has 0 spiro atoms. The molecule has 1 aliphatic heterocycles. The summed E-state index contributed by atoms with van der Waals surface area (Å²) < 4.78 is 40.0. The zero-order chi connectivity index (χ0) is 23.4. The van der Waals surface area contributed by atoms with E-state index in [2.05, 4.69) is 21.7 Å². The fourth-order valence-corrected chi connectivity index (χ4v) is 3.63. The lowest BCUT2D eigenvalue weighted by Crippen LogP contribution is -2.50. The Morgan fingerprint density at radius 2 is 1.97 bits per heavy atom. The van der Waals surface area contributed by atoms with Crippen LogP contribution in [0.3, 0.4) is 0 Å². The molecule has 1 aromatic heterocycles. The number of carbonyl (C=O) groups excluding carboxylic acids is 1. The van der Waals surface area contributed by atoms with Gasteiger partial charge in [-0.15, -0.1) is 0 Å². The van der Waals surface area contributed by atoms with Gasteiger partial charge >= 0.3 is 6.18 Å². The third kappa shape index (κ3) is 5.77. The lowest BCUT2D eigenvalue weighted by atomic mass is 10.0. The molecule has 1 atom stereocenters. The number of nitrogens with one attached hydrogen (secondary N) is 2. The van der Waals surface area contributed by atoms with Gasteiger partial charge in [-0.05, 0) is 44.9 Å². The average molecular weight is 445 g/mol. The fraction of sp³-hybridized carbons (Fsp3) is 0.435. The Labute approximate surface area is 185 Å². The molecule has 1 aromatic carbocycles. The van der Waals surface area contributed by atoms with Crippen LogP contribution < -0.4 is 10.6 Å². The van der Waals surface area contributed by atoms with Gasteiger partial charge in [-0.25, -0.2) is 4.98 Å². The first-order valence-electron chi connectivity index (χ1n) is 10.4. The van der Waals surface area contributed by atoms with Crippen LogP contribution in [-0.4, -0.2) is 47.0 Å². The molecule has 2 aromatic rings.